The number of halogens is 1. The number of nitrogens with one attached hydrogen (secondary N) is 1. The van der Waals surface area contributed by atoms with Crippen LogP contribution in [0.25, 0.3) is 5.57 Å². The second-order valence-electron chi connectivity index (χ2n) is 9.92. The summed E-state index contributed by atoms with van der Waals surface area (Å²) in [6.07, 6.45) is 7.44. The molecule has 2 fully saturated rings. The fourth-order valence-corrected chi connectivity index (χ4v) is 7.40. The molecule has 1 aromatic carbocycles. The number of rotatable bonds is 9. The van der Waals surface area contributed by atoms with Crippen molar-refractivity contribution in [1.29, 1.82) is 0 Å². The molecule has 1 aliphatic carbocycles. The van der Waals surface area contributed by atoms with Gasteiger partial charge in [0.15, 0.2) is 5.13 Å². The summed E-state index contributed by atoms with van der Waals surface area (Å²) in [4.78, 5) is 45.8. The van der Waals surface area contributed by atoms with Crippen LogP contribution < -0.4 is 15.8 Å². The summed E-state index contributed by atoms with van der Waals surface area (Å²) < 4.78 is 10.7. The minimum Gasteiger partial charge on any atom is -0.497 e. The van der Waals surface area contributed by atoms with E-state index in [-0.39, 0.29) is 35.9 Å². The van der Waals surface area contributed by atoms with Crippen molar-refractivity contribution in [3.05, 3.63) is 58.2 Å². The molecule has 0 spiro atoms. The van der Waals surface area contributed by atoms with Crippen molar-refractivity contribution in [3.63, 3.8) is 0 Å². The molecular weight excluding hydrogens is 572 g/mol. The maximum absolute atomic E-state index is 13.5. The number of carbonyl (C=O) groups is 3. The van der Waals surface area contributed by atoms with Gasteiger partial charge in [-0.25, -0.2) is 9.78 Å². The van der Waals surface area contributed by atoms with Crippen LogP contribution in [-0.2, 0) is 25.7 Å². The summed E-state index contributed by atoms with van der Waals surface area (Å²) in [5, 5.41) is 4.61. The van der Waals surface area contributed by atoms with E-state index in [2.05, 4.69) is 10.3 Å². The second kappa shape index (κ2) is 12.7. The van der Waals surface area contributed by atoms with Gasteiger partial charge in [-0.1, -0.05) is 37.5 Å². The van der Waals surface area contributed by atoms with Crippen molar-refractivity contribution in [2.45, 2.75) is 50.1 Å². The Kier molecular flexibility index (Phi) is 9.02. The molecule has 40 heavy (non-hydrogen) atoms. The molecule has 0 radical (unpaired) electrons. The van der Waals surface area contributed by atoms with Gasteiger partial charge in [0, 0.05) is 17.0 Å². The van der Waals surface area contributed by atoms with Gasteiger partial charge in [0.05, 0.1) is 18.4 Å². The number of benzene rings is 1. The summed E-state index contributed by atoms with van der Waals surface area (Å²) in [5.41, 5.74) is 8.37. The van der Waals surface area contributed by atoms with Gasteiger partial charge in [0.1, 0.15) is 29.5 Å². The molecule has 3 heterocycles. The number of aromatic nitrogens is 1. The fourth-order valence-electron chi connectivity index (χ4n) is 5.16. The quantitative estimate of drug-likeness (QED) is 0.188. The highest BCUT2D eigenvalue weighted by atomic mass is 35.5. The van der Waals surface area contributed by atoms with Crippen molar-refractivity contribution in [3.8, 4) is 5.75 Å². The first-order valence-corrected chi connectivity index (χ1v) is 15.6. The van der Waals surface area contributed by atoms with Crippen LogP contribution in [0.3, 0.4) is 0 Å². The van der Waals surface area contributed by atoms with Crippen LogP contribution in [-0.4, -0.2) is 57.8 Å². The molecule has 2 aliphatic heterocycles. The molecule has 3 N–H and O–H groups in total. The zero-order valence-electron chi connectivity index (χ0n) is 22.1. The zero-order chi connectivity index (χ0) is 28.2. The number of fused-ring (bicyclic) bond motifs is 1. The minimum absolute atomic E-state index is 0.0357. The van der Waals surface area contributed by atoms with Gasteiger partial charge in [0.2, 0.25) is 0 Å². The number of nitrogens with two attached hydrogens (primary N) is 1. The molecule has 2 aromatic rings. The Labute approximate surface area is 246 Å². The maximum atomic E-state index is 13.5. The molecule has 12 heteroatoms. The topological polar surface area (TPSA) is 124 Å². The van der Waals surface area contributed by atoms with E-state index in [4.69, 9.17) is 26.8 Å². The van der Waals surface area contributed by atoms with Crippen LogP contribution in [0.2, 0.25) is 0 Å². The predicted molar refractivity (Wildman–Crippen MR) is 157 cm³/mol. The fraction of sp³-hybridized carbons (Fsp3) is 0.429. The summed E-state index contributed by atoms with van der Waals surface area (Å²) in [5.74, 6) is 0.146. The second-order valence-corrected chi connectivity index (χ2v) is 12.2. The van der Waals surface area contributed by atoms with Crippen LogP contribution in [0.1, 0.15) is 43.4 Å². The lowest BCUT2D eigenvalue weighted by molar-refractivity contribution is -0.153. The van der Waals surface area contributed by atoms with Crippen LogP contribution >= 0.6 is 34.7 Å². The van der Waals surface area contributed by atoms with Gasteiger partial charge >= 0.3 is 5.97 Å². The Hall–Kier alpha value is -3.02. The lowest BCUT2D eigenvalue weighted by Crippen LogP contribution is -2.70. The van der Waals surface area contributed by atoms with Crippen molar-refractivity contribution < 1.29 is 23.9 Å². The number of allylic oxidation sites excluding steroid dienone is 1. The Morgan fingerprint density at radius 1 is 1.23 bits per heavy atom. The van der Waals surface area contributed by atoms with E-state index >= 15 is 0 Å². The summed E-state index contributed by atoms with van der Waals surface area (Å²) in [6.45, 7) is 0.0357. The van der Waals surface area contributed by atoms with E-state index in [0.29, 0.717) is 33.5 Å². The molecule has 0 unspecified atom stereocenters. The number of thioether (sulfide) groups is 1. The SMILES string of the molecule is COc1ccc(COC(=O)C2=C(CCl)CS[C@@H]3[C@H](NC(=O)/C(=C\C4CCCCC4)c4csc(N)n4)C(=O)N23)cc1. The Morgan fingerprint density at radius 3 is 2.62 bits per heavy atom. The average molecular weight is 603 g/mol. The third-order valence-electron chi connectivity index (χ3n) is 7.31. The number of amides is 2. The Morgan fingerprint density at radius 2 is 1.98 bits per heavy atom. The number of β-lactam (4-membered cyclic amide) rings is 1. The smallest absolute Gasteiger partial charge is 0.355 e. The number of esters is 1. The first-order valence-electron chi connectivity index (χ1n) is 13.2. The van der Waals surface area contributed by atoms with Crippen LogP contribution in [0.5, 0.6) is 5.75 Å². The molecular formula is C28H31ClN4O5S2. The molecule has 0 bridgehead atoms. The van der Waals surface area contributed by atoms with E-state index in [0.717, 1.165) is 31.2 Å². The van der Waals surface area contributed by atoms with Gasteiger partial charge in [-0.05, 0) is 42.0 Å². The van der Waals surface area contributed by atoms with Crippen LogP contribution in [0.4, 0.5) is 5.13 Å². The maximum Gasteiger partial charge on any atom is 0.355 e. The highest BCUT2D eigenvalue weighted by molar-refractivity contribution is 8.00. The zero-order valence-corrected chi connectivity index (χ0v) is 24.4. The molecule has 9 nitrogen and oxygen atoms in total. The van der Waals surface area contributed by atoms with E-state index in [1.807, 2.05) is 6.08 Å². The molecule has 1 aromatic heterocycles. The number of nitrogen functional groups attached to an aromatic ring is 1. The van der Waals surface area contributed by atoms with Crippen molar-refractivity contribution in [1.82, 2.24) is 15.2 Å². The molecule has 2 amide bonds. The number of thiazole rings is 1. The number of hydrogen-bond donors (Lipinski definition) is 2. The van der Waals surface area contributed by atoms with Gasteiger partial charge < -0.3 is 20.5 Å². The molecule has 212 valence electrons. The predicted octanol–water partition coefficient (Wildman–Crippen LogP) is 4.33. The summed E-state index contributed by atoms with van der Waals surface area (Å²) in [6, 6.07) is 6.38. The number of anilines is 1. The Bertz CT molecular complexity index is 1340. The third-order valence-corrected chi connectivity index (χ3v) is 9.65. The number of nitrogens with zero attached hydrogens (tertiary/aromatic N) is 2. The average Bonchev–Trinajstić information content (AvgIpc) is 3.42. The highest BCUT2D eigenvalue weighted by Crippen LogP contribution is 2.41. The number of alkyl halides is 1. The lowest BCUT2D eigenvalue weighted by Gasteiger charge is -2.49. The first-order chi connectivity index (χ1) is 19.4. The van der Waals surface area contributed by atoms with E-state index < -0.39 is 17.4 Å². The van der Waals surface area contributed by atoms with Crippen LogP contribution in [0.15, 0.2) is 47.0 Å². The largest absolute Gasteiger partial charge is 0.497 e. The molecule has 1 saturated carbocycles. The normalized spacial score (nSPS) is 21.5. The number of methoxy groups -OCH3 is 1. The van der Waals surface area contributed by atoms with E-state index in [1.165, 1.54) is 34.4 Å². The van der Waals surface area contributed by atoms with Gasteiger partial charge in [0.25, 0.3) is 11.8 Å². The molecule has 3 aliphatic rings. The van der Waals surface area contributed by atoms with Crippen molar-refractivity contribution >= 4 is 63.2 Å². The molecule has 2 atom stereocenters. The Balaban J connectivity index is 1.29. The molecule has 5 rings (SSSR count). The van der Waals surface area contributed by atoms with Crippen molar-refractivity contribution in [2.75, 3.05) is 24.5 Å². The van der Waals surface area contributed by atoms with Gasteiger partial charge in [-0.2, -0.15) is 0 Å². The summed E-state index contributed by atoms with van der Waals surface area (Å²) >= 11 is 8.89. The standard InChI is InChI=1S/C28H31ClN4O5S2/c1-37-19-9-7-17(8-10-19)13-38-27(36)23-18(12-29)14-39-26-22(25(35)33(23)26)32-24(34)20(21-15-40-28(30)31-21)11-16-5-3-2-4-6-16/h7-11,15-16,22,26H,2-6,12-14H2,1H3,(H2,30,31)(H,32,34)/b20-11-/t22-,26-/m1/s1. The monoisotopic (exact) mass is 602 g/mol. The molecule has 1 saturated heterocycles. The highest BCUT2D eigenvalue weighted by Gasteiger charge is 2.54. The number of ether oxygens (including phenoxy) is 2. The number of hydrogen-bond acceptors (Lipinski definition) is 9. The van der Waals surface area contributed by atoms with Gasteiger partial charge in [-0.15, -0.1) is 34.7 Å². The summed E-state index contributed by atoms with van der Waals surface area (Å²) in [7, 11) is 1.58. The lowest BCUT2D eigenvalue weighted by atomic mass is 9.87. The van der Waals surface area contributed by atoms with E-state index in [9.17, 15) is 14.4 Å². The van der Waals surface area contributed by atoms with E-state index in [1.54, 1.807) is 36.8 Å². The number of carbonyl (C=O) groups excluding carboxylic acids is 3. The first kappa shape index (κ1) is 28.5. The van der Waals surface area contributed by atoms with Gasteiger partial charge in [-0.3, -0.25) is 14.5 Å². The van der Waals surface area contributed by atoms with Crippen molar-refractivity contribution in [2.24, 2.45) is 5.92 Å². The minimum atomic E-state index is -0.787. The third kappa shape index (κ3) is 6.01. The van der Waals surface area contributed by atoms with Crippen LogP contribution in [0, 0.1) is 5.92 Å².